The number of aromatic nitrogens is 2. The Balaban J connectivity index is 1.49. The molecule has 0 spiro atoms. The van der Waals surface area contributed by atoms with E-state index in [1.54, 1.807) is 20.0 Å². The van der Waals surface area contributed by atoms with Crippen LogP contribution in [0.3, 0.4) is 0 Å². The first-order chi connectivity index (χ1) is 17.5. The zero-order valence-electron chi connectivity index (χ0n) is 20.7. The zero-order valence-corrected chi connectivity index (χ0v) is 20.7. The fourth-order valence-corrected chi connectivity index (χ4v) is 4.61. The third-order valence-electron chi connectivity index (χ3n) is 6.65. The number of nitrogens with two attached hydrogens (primary N) is 1. The maximum atomic E-state index is 13.5. The van der Waals surface area contributed by atoms with Crippen LogP contribution in [0.2, 0.25) is 0 Å². The van der Waals surface area contributed by atoms with Crippen molar-refractivity contribution < 1.29 is 17.9 Å². The molecule has 2 N–H and O–H groups in total. The van der Waals surface area contributed by atoms with E-state index in [2.05, 4.69) is 9.64 Å². The Kier molecular flexibility index (Phi) is 7.74. The summed E-state index contributed by atoms with van der Waals surface area (Å²) in [5.74, 6) is -0.251. The Morgan fingerprint density at radius 1 is 1.00 bits per heavy atom. The monoisotopic (exact) mass is 517 g/mol. The molecule has 4 rings (SSSR count). The number of halogens is 3. The van der Waals surface area contributed by atoms with E-state index in [-0.39, 0.29) is 17.9 Å². The molecule has 1 atom stereocenters. The molecule has 0 aliphatic carbocycles. The molecule has 0 amide bonds. The van der Waals surface area contributed by atoms with Crippen molar-refractivity contribution in [2.24, 2.45) is 12.8 Å². The SMILES string of the molecule is Cc1c(N2CCN(Cc3cccc(OC(F)(F)F)c3)CC2)c(=O)n(C[C@@H](N)c2ccccc2)c(=O)n1C. The second-order valence-electron chi connectivity index (χ2n) is 9.17. The topological polar surface area (TPSA) is 85.7 Å². The molecule has 0 radical (unpaired) electrons. The van der Waals surface area contributed by atoms with Gasteiger partial charge >= 0.3 is 12.1 Å². The lowest BCUT2D eigenvalue weighted by atomic mass is 10.1. The van der Waals surface area contributed by atoms with Crippen LogP contribution in [-0.2, 0) is 20.1 Å². The van der Waals surface area contributed by atoms with Gasteiger partial charge in [-0.1, -0.05) is 42.5 Å². The third kappa shape index (κ3) is 6.23. The van der Waals surface area contributed by atoms with Gasteiger partial charge in [0.05, 0.1) is 6.54 Å². The Hall–Kier alpha value is -3.57. The minimum absolute atomic E-state index is 0.0547. The first-order valence-corrected chi connectivity index (χ1v) is 12.0. The minimum Gasteiger partial charge on any atom is -0.406 e. The Bertz CT molecular complexity index is 1350. The molecular weight excluding hydrogens is 487 g/mol. The average molecular weight is 518 g/mol. The van der Waals surface area contributed by atoms with Crippen LogP contribution < -0.4 is 26.6 Å². The summed E-state index contributed by atoms with van der Waals surface area (Å²) in [5.41, 5.74) is 8.09. The van der Waals surface area contributed by atoms with Gasteiger partial charge in [-0.05, 0) is 30.2 Å². The summed E-state index contributed by atoms with van der Waals surface area (Å²) < 4.78 is 44.3. The van der Waals surface area contributed by atoms with Gasteiger partial charge in [-0.25, -0.2) is 4.79 Å². The fraction of sp³-hybridized carbons (Fsp3) is 0.385. The average Bonchev–Trinajstić information content (AvgIpc) is 2.86. The summed E-state index contributed by atoms with van der Waals surface area (Å²) in [6.07, 6.45) is -4.74. The van der Waals surface area contributed by atoms with Crippen molar-refractivity contribution in [3.8, 4) is 5.75 Å². The molecular formula is C26H30F3N5O3. The number of benzene rings is 2. The summed E-state index contributed by atoms with van der Waals surface area (Å²) in [7, 11) is 1.64. The summed E-state index contributed by atoms with van der Waals surface area (Å²) in [6, 6.07) is 14.7. The molecule has 1 aromatic heterocycles. The molecule has 1 aliphatic heterocycles. The quantitative estimate of drug-likeness (QED) is 0.519. The van der Waals surface area contributed by atoms with Gasteiger partial charge in [0.2, 0.25) is 0 Å². The second kappa shape index (κ2) is 10.8. The van der Waals surface area contributed by atoms with E-state index in [0.29, 0.717) is 49.7 Å². The third-order valence-corrected chi connectivity index (χ3v) is 6.65. The number of anilines is 1. The van der Waals surface area contributed by atoms with Crippen molar-refractivity contribution in [3.05, 3.63) is 92.3 Å². The van der Waals surface area contributed by atoms with Crippen LogP contribution in [0.25, 0.3) is 0 Å². The molecule has 0 unspecified atom stereocenters. The number of hydrogen-bond donors (Lipinski definition) is 1. The number of alkyl halides is 3. The lowest BCUT2D eigenvalue weighted by molar-refractivity contribution is -0.274. The van der Waals surface area contributed by atoms with Gasteiger partial charge in [0.15, 0.2) is 0 Å². The summed E-state index contributed by atoms with van der Waals surface area (Å²) in [5, 5.41) is 0. The molecule has 2 heterocycles. The van der Waals surface area contributed by atoms with Gasteiger partial charge in [0.25, 0.3) is 5.56 Å². The van der Waals surface area contributed by atoms with Gasteiger partial charge in [-0.2, -0.15) is 0 Å². The number of nitrogens with zero attached hydrogens (tertiary/aromatic N) is 4. The first kappa shape index (κ1) is 26.5. The van der Waals surface area contributed by atoms with Crippen LogP contribution in [0.15, 0.2) is 64.2 Å². The van der Waals surface area contributed by atoms with Crippen molar-refractivity contribution in [2.75, 3.05) is 31.1 Å². The molecule has 1 saturated heterocycles. The molecule has 3 aromatic rings. The number of hydrogen-bond acceptors (Lipinski definition) is 6. The van der Waals surface area contributed by atoms with Crippen molar-refractivity contribution in [1.29, 1.82) is 0 Å². The Labute approximate surface area is 212 Å². The minimum atomic E-state index is -4.74. The van der Waals surface area contributed by atoms with Crippen molar-refractivity contribution in [1.82, 2.24) is 14.0 Å². The van der Waals surface area contributed by atoms with Gasteiger partial charge < -0.3 is 15.4 Å². The predicted octanol–water partition coefficient (Wildman–Crippen LogP) is 2.78. The summed E-state index contributed by atoms with van der Waals surface area (Å²) >= 11 is 0. The fourth-order valence-electron chi connectivity index (χ4n) is 4.61. The normalized spacial score (nSPS) is 15.6. The lowest BCUT2D eigenvalue weighted by Gasteiger charge is -2.36. The highest BCUT2D eigenvalue weighted by Crippen LogP contribution is 2.24. The highest BCUT2D eigenvalue weighted by molar-refractivity contribution is 5.49. The Morgan fingerprint density at radius 2 is 1.68 bits per heavy atom. The molecule has 1 aliphatic rings. The van der Waals surface area contributed by atoms with E-state index in [0.717, 1.165) is 5.56 Å². The Morgan fingerprint density at radius 3 is 2.32 bits per heavy atom. The molecule has 37 heavy (non-hydrogen) atoms. The van der Waals surface area contributed by atoms with E-state index < -0.39 is 18.1 Å². The summed E-state index contributed by atoms with van der Waals surface area (Å²) in [6.45, 7) is 4.49. The van der Waals surface area contributed by atoms with Gasteiger partial charge in [-0.3, -0.25) is 18.8 Å². The predicted molar refractivity (Wildman–Crippen MR) is 135 cm³/mol. The van der Waals surface area contributed by atoms with Gasteiger partial charge in [0, 0.05) is 51.5 Å². The van der Waals surface area contributed by atoms with Crippen molar-refractivity contribution >= 4 is 5.69 Å². The van der Waals surface area contributed by atoms with E-state index >= 15 is 0 Å². The molecule has 0 saturated carbocycles. The molecule has 198 valence electrons. The van der Waals surface area contributed by atoms with Gasteiger partial charge in [-0.15, -0.1) is 13.2 Å². The maximum Gasteiger partial charge on any atom is 0.573 e. The van der Waals surface area contributed by atoms with Crippen molar-refractivity contribution in [3.63, 3.8) is 0 Å². The largest absolute Gasteiger partial charge is 0.573 e. The standard InChI is InChI=1S/C26H30F3N5O3/c1-18-23(24(35)34(25(36)31(18)2)17-22(30)20-8-4-3-5-9-20)33-13-11-32(12-14-33)16-19-7-6-10-21(15-19)37-26(27,28)29/h3-10,15,22H,11-14,16-17,30H2,1-2H3/t22-/m1/s1. The van der Waals surface area contributed by atoms with Crippen molar-refractivity contribution in [2.45, 2.75) is 32.4 Å². The van der Waals surface area contributed by atoms with E-state index in [1.165, 1.54) is 27.3 Å². The first-order valence-electron chi connectivity index (χ1n) is 12.0. The van der Waals surface area contributed by atoms with E-state index in [4.69, 9.17) is 5.73 Å². The highest BCUT2D eigenvalue weighted by atomic mass is 19.4. The molecule has 1 fully saturated rings. The lowest BCUT2D eigenvalue weighted by Crippen LogP contribution is -2.51. The summed E-state index contributed by atoms with van der Waals surface area (Å²) in [4.78, 5) is 30.5. The van der Waals surface area contributed by atoms with Crippen LogP contribution in [0.1, 0.15) is 22.9 Å². The van der Waals surface area contributed by atoms with Crippen LogP contribution in [0.5, 0.6) is 5.75 Å². The van der Waals surface area contributed by atoms with E-state index in [1.807, 2.05) is 35.2 Å². The second-order valence-corrected chi connectivity index (χ2v) is 9.17. The molecule has 11 heteroatoms. The molecule has 8 nitrogen and oxygen atoms in total. The van der Waals surface area contributed by atoms with Gasteiger partial charge in [0.1, 0.15) is 11.4 Å². The molecule has 2 aromatic carbocycles. The number of piperazine rings is 1. The zero-order chi connectivity index (χ0) is 26.7. The van der Waals surface area contributed by atoms with Crippen LogP contribution >= 0.6 is 0 Å². The smallest absolute Gasteiger partial charge is 0.406 e. The van der Waals surface area contributed by atoms with Crippen LogP contribution in [0, 0.1) is 6.92 Å². The van der Waals surface area contributed by atoms with Crippen LogP contribution in [0.4, 0.5) is 18.9 Å². The van der Waals surface area contributed by atoms with Crippen LogP contribution in [-0.4, -0.2) is 46.6 Å². The molecule has 0 bridgehead atoms. The number of rotatable bonds is 7. The van der Waals surface area contributed by atoms with E-state index in [9.17, 15) is 22.8 Å². The maximum absolute atomic E-state index is 13.5. The number of ether oxygens (including phenoxy) is 1. The highest BCUT2D eigenvalue weighted by Gasteiger charge is 2.31.